The Labute approximate surface area is 88.5 Å². The first-order chi connectivity index (χ1) is 6.63. The van der Waals surface area contributed by atoms with Gasteiger partial charge < -0.3 is 4.90 Å². The normalized spacial score (nSPS) is 14.8. The average molecular weight is 210 g/mol. The van der Waals surface area contributed by atoms with E-state index in [1.54, 1.807) is 11.0 Å². The van der Waals surface area contributed by atoms with E-state index in [0.717, 1.165) is 23.1 Å². The smallest absolute Gasteiger partial charge is 0.254 e. The minimum absolute atomic E-state index is 0.0737. The number of rotatable bonds is 1. The number of hydrogen-bond donors (Lipinski definition) is 0. The highest BCUT2D eigenvalue weighted by Crippen LogP contribution is 2.28. The summed E-state index contributed by atoms with van der Waals surface area (Å²) >= 11 is 6.05. The Morgan fingerprint density at radius 2 is 2.21 bits per heavy atom. The topological polar surface area (TPSA) is 20.3 Å². The Bertz CT molecular complexity index is 401. The molecule has 1 aromatic carbocycles. The number of amides is 1. The zero-order chi connectivity index (χ0) is 10.3. The molecule has 0 aromatic heterocycles. The van der Waals surface area contributed by atoms with E-state index in [4.69, 9.17) is 11.6 Å². The van der Waals surface area contributed by atoms with Crippen molar-refractivity contribution in [2.75, 3.05) is 7.05 Å². The van der Waals surface area contributed by atoms with E-state index in [2.05, 4.69) is 6.92 Å². The summed E-state index contributed by atoms with van der Waals surface area (Å²) in [6, 6.07) is 3.83. The minimum atomic E-state index is 0.0737. The van der Waals surface area contributed by atoms with Crippen molar-refractivity contribution in [1.82, 2.24) is 4.90 Å². The highest BCUT2D eigenvalue weighted by Gasteiger charge is 2.25. The summed E-state index contributed by atoms with van der Waals surface area (Å²) in [5.41, 5.74) is 2.97. The van der Waals surface area contributed by atoms with Crippen LogP contribution in [-0.4, -0.2) is 17.9 Å². The Hall–Kier alpha value is -1.02. The number of benzene rings is 1. The quantitative estimate of drug-likeness (QED) is 0.696. The van der Waals surface area contributed by atoms with Gasteiger partial charge in [0.15, 0.2) is 0 Å². The van der Waals surface area contributed by atoms with Crippen LogP contribution in [0.3, 0.4) is 0 Å². The van der Waals surface area contributed by atoms with Crippen LogP contribution in [0.5, 0.6) is 0 Å². The van der Waals surface area contributed by atoms with Crippen LogP contribution in [0.25, 0.3) is 0 Å². The molecule has 0 radical (unpaired) electrons. The molecule has 0 atom stereocenters. The second kappa shape index (κ2) is 3.28. The highest BCUT2D eigenvalue weighted by atomic mass is 35.5. The lowest BCUT2D eigenvalue weighted by molar-refractivity contribution is 0.0816. The van der Waals surface area contributed by atoms with Gasteiger partial charge in [0, 0.05) is 24.2 Å². The summed E-state index contributed by atoms with van der Waals surface area (Å²) in [4.78, 5) is 13.3. The molecular formula is C11H12ClNO. The highest BCUT2D eigenvalue weighted by molar-refractivity contribution is 6.31. The summed E-state index contributed by atoms with van der Waals surface area (Å²) in [5, 5.41) is 0.704. The van der Waals surface area contributed by atoms with Gasteiger partial charge in [0.2, 0.25) is 0 Å². The Morgan fingerprint density at radius 1 is 1.50 bits per heavy atom. The largest absolute Gasteiger partial charge is 0.337 e. The molecule has 1 aromatic rings. The van der Waals surface area contributed by atoms with Crippen molar-refractivity contribution in [3.63, 3.8) is 0 Å². The number of aryl methyl sites for hydroxylation is 1. The van der Waals surface area contributed by atoms with Gasteiger partial charge in [-0.2, -0.15) is 0 Å². The van der Waals surface area contributed by atoms with Gasteiger partial charge in [-0.1, -0.05) is 24.6 Å². The van der Waals surface area contributed by atoms with E-state index in [1.807, 2.05) is 13.1 Å². The SMILES string of the molecule is CCc1cc2c(cc1Cl)C(=O)N(C)C2. The molecule has 0 aliphatic carbocycles. The average Bonchev–Trinajstić information content (AvgIpc) is 2.43. The molecule has 74 valence electrons. The van der Waals surface area contributed by atoms with E-state index in [-0.39, 0.29) is 5.91 Å². The van der Waals surface area contributed by atoms with Crippen molar-refractivity contribution < 1.29 is 4.79 Å². The van der Waals surface area contributed by atoms with Gasteiger partial charge in [-0.15, -0.1) is 0 Å². The monoisotopic (exact) mass is 209 g/mol. The van der Waals surface area contributed by atoms with Crippen LogP contribution < -0.4 is 0 Å². The molecular weight excluding hydrogens is 198 g/mol. The molecule has 0 fully saturated rings. The van der Waals surface area contributed by atoms with Gasteiger partial charge in [0.1, 0.15) is 0 Å². The first-order valence-corrected chi connectivity index (χ1v) is 5.08. The summed E-state index contributed by atoms with van der Waals surface area (Å²) < 4.78 is 0. The maximum atomic E-state index is 11.6. The van der Waals surface area contributed by atoms with Crippen LogP contribution in [-0.2, 0) is 13.0 Å². The fourth-order valence-electron chi connectivity index (χ4n) is 1.80. The van der Waals surface area contributed by atoms with Crippen LogP contribution >= 0.6 is 11.6 Å². The lowest BCUT2D eigenvalue weighted by Crippen LogP contribution is -2.17. The Morgan fingerprint density at radius 3 is 2.86 bits per heavy atom. The van der Waals surface area contributed by atoms with Gasteiger partial charge in [-0.3, -0.25) is 4.79 Å². The van der Waals surface area contributed by atoms with Crippen LogP contribution in [0, 0.1) is 0 Å². The number of halogens is 1. The molecule has 14 heavy (non-hydrogen) atoms. The van der Waals surface area contributed by atoms with Crippen LogP contribution in [0.4, 0.5) is 0 Å². The molecule has 3 heteroatoms. The fourth-order valence-corrected chi connectivity index (χ4v) is 2.10. The van der Waals surface area contributed by atoms with Gasteiger partial charge in [-0.05, 0) is 23.6 Å². The molecule has 1 aliphatic heterocycles. The summed E-state index contributed by atoms with van der Waals surface area (Å²) in [5.74, 6) is 0.0737. The molecule has 0 spiro atoms. The maximum Gasteiger partial charge on any atom is 0.254 e. The molecule has 1 aliphatic rings. The maximum absolute atomic E-state index is 11.6. The van der Waals surface area contributed by atoms with Crippen LogP contribution in [0.15, 0.2) is 12.1 Å². The predicted molar refractivity (Wildman–Crippen MR) is 56.6 cm³/mol. The summed E-state index contributed by atoms with van der Waals surface area (Å²) in [7, 11) is 1.81. The van der Waals surface area contributed by atoms with Gasteiger partial charge in [-0.25, -0.2) is 0 Å². The molecule has 0 bridgehead atoms. The van der Waals surface area contributed by atoms with Crippen molar-refractivity contribution in [3.05, 3.63) is 33.8 Å². The number of hydrogen-bond acceptors (Lipinski definition) is 1. The number of carbonyl (C=O) groups excluding carboxylic acids is 1. The van der Waals surface area contributed by atoms with Crippen molar-refractivity contribution >= 4 is 17.5 Å². The fraction of sp³-hybridized carbons (Fsp3) is 0.364. The zero-order valence-electron chi connectivity index (χ0n) is 8.30. The van der Waals surface area contributed by atoms with Gasteiger partial charge >= 0.3 is 0 Å². The third kappa shape index (κ3) is 1.30. The molecule has 0 N–H and O–H groups in total. The lowest BCUT2D eigenvalue weighted by atomic mass is 10.0. The van der Waals surface area contributed by atoms with E-state index in [9.17, 15) is 4.79 Å². The lowest BCUT2D eigenvalue weighted by Gasteiger charge is -2.04. The van der Waals surface area contributed by atoms with Crippen molar-refractivity contribution in [1.29, 1.82) is 0 Å². The van der Waals surface area contributed by atoms with E-state index >= 15 is 0 Å². The molecule has 0 saturated carbocycles. The molecule has 0 unspecified atom stereocenters. The van der Waals surface area contributed by atoms with Crippen molar-refractivity contribution in [3.8, 4) is 0 Å². The second-order valence-electron chi connectivity index (χ2n) is 3.62. The summed E-state index contributed by atoms with van der Waals surface area (Å²) in [6.45, 7) is 2.77. The molecule has 2 nitrogen and oxygen atoms in total. The first-order valence-electron chi connectivity index (χ1n) is 4.70. The zero-order valence-corrected chi connectivity index (χ0v) is 9.06. The Balaban J connectivity index is 2.54. The molecule has 0 saturated heterocycles. The second-order valence-corrected chi connectivity index (χ2v) is 4.02. The van der Waals surface area contributed by atoms with Crippen LogP contribution in [0.1, 0.15) is 28.4 Å². The van der Waals surface area contributed by atoms with Crippen molar-refractivity contribution in [2.45, 2.75) is 19.9 Å². The Kier molecular flexibility index (Phi) is 2.23. The predicted octanol–water partition coefficient (Wildman–Crippen LogP) is 2.49. The molecule has 1 heterocycles. The first kappa shape index (κ1) is 9.53. The van der Waals surface area contributed by atoms with E-state index in [1.165, 1.54) is 0 Å². The van der Waals surface area contributed by atoms with Gasteiger partial charge in [0.05, 0.1) is 0 Å². The number of fused-ring (bicyclic) bond motifs is 1. The standard InChI is InChI=1S/C11H12ClNO/c1-3-7-4-8-6-13(2)11(14)9(8)5-10(7)12/h4-5H,3,6H2,1-2H3. The van der Waals surface area contributed by atoms with Crippen LogP contribution in [0.2, 0.25) is 5.02 Å². The molecule has 2 rings (SSSR count). The molecule has 1 amide bonds. The van der Waals surface area contributed by atoms with Gasteiger partial charge in [0.25, 0.3) is 5.91 Å². The summed E-state index contributed by atoms with van der Waals surface area (Å²) in [6.07, 6.45) is 0.907. The third-order valence-electron chi connectivity index (χ3n) is 2.64. The third-order valence-corrected chi connectivity index (χ3v) is 2.99. The van der Waals surface area contributed by atoms with Crippen molar-refractivity contribution in [2.24, 2.45) is 0 Å². The van der Waals surface area contributed by atoms with E-state index in [0.29, 0.717) is 11.6 Å². The number of nitrogens with zero attached hydrogens (tertiary/aromatic N) is 1. The number of carbonyl (C=O) groups is 1. The minimum Gasteiger partial charge on any atom is -0.337 e. The van der Waals surface area contributed by atoms with E-state index < -0.39 is 0 Å².